The van der Waals surface area contributed by atoms with Gasteiger partial charge in [0, 0.05) is 11.6 Å². The molecule has 0 radical (unpaired) electrons. The number of nitrogens with one attached hydrogen (secondary N) is 1. The molecule has 3 aromatic carbocycles. The summed E-state index contributed by atoms with van der Waals surface area (Å²) >= 11 is 0. The van der Waals surface area contributed by atoms with Crippen LogP contribution >= 0.6 is 0 Å². The Morgan fingerprint density at radius 1 is 1.03 bits per heavy atom. The number of hydrogen-bond donors (Lipinski definition) is 1. The molecule has 0 aliphatic carbocycles. The minimum atomic E-state index is -3.36. The molecule has 0 fully saturated rings. The van der Waals surface area contributed by atoms with E-state index in [1.165, 1.54) is 10.6 Å². The standard InChI is InChI=1S/C24H25N3O3S/c1-18-15-21-16-20(13-14-23(21)27(18)31(2,29)30)24(28)25-26(22-11-7-4-8-12-22)17-19-9-5-3-6-10-19/h3-14,16,18H,15,17H2,1-2H3,(H,25,28). The van der Waals surface area contributed by atoms with Crippen LogP contribution in [-0.2, 0) is 23.0 Å². The molecule has 1 heterocycles. The van der Waals surface area contributed by atoms with Crippen molar-refractivity contribution in [1.29, 1.82) is 0 Å². The molecule has 1 unspecified atom stereocenters. The monoisotopic (exact) mass is 435 g/mol. The third kappa shape index (κ3) is 4.56. The van der Waals surface area contributed by atoms with Crippen molar-refractivity contribution in [2.75, 3.05) is 15.6 Å². The minimum Gasteiger partial charge on any atom is -0.281 e. The molecule has 1 aliphatic heterocycles. The van der Waals surface area contributed by atoms with Crippen LogP contribution in [0, 0.1) is 0 Å². The van der Waals surface area contributed by atoms with Gasteiger partial charge in [-0.1, -0.05) is 48.5 Å². The van der Waals surface area contributed by atoms with E-state index in [-0.39, 0.29) is 11.9 Å². The molecule has 3 aromatic rings. The Bertz CT molecular complexity index is 1180. The molecular weight excluding hydrogens is 410 g/mol. The van der Waals surface area contributed by atoms with E-state index in [4.69, 9.17) is 0 Å². The first-order chi connectivity index (χ1) is 14.8. The average Bonchev–Trinajstić information content (AvgIpc) is 3.09. The first-order valence-electron chi connectivity index (χ1n) is 10.1. The van der Waals surface area contributed by atoms with Crippen LogP contribution in [0.1, 0.15) is 28.4 Å². The van der Waals surface area contributed by atoms with Crippen molar-refractivity contribution in [3.8, 4) is 0 Å². The summed E-state index contributed by atoms with van der Waals surface area (Å²) in [5.74, 6) is -0.243. The van der Waals surface area contributed by atoms with Crippen molar-refractivity contribution in [3.63, 3.8) is 0 Å². The van der Waals surface area contributed by atoms with Gasteiger partial charge in [-0.05, 0) is 54.8 Å². The molecule has 6 nitrogen and oxygen atoms in total. The number of nitrogens with zero attached hydrogens (tertiary/aromatic N) is 2. The second-order valence-corrected chi connectivity index (χ2v) is 9.66. The highest BCUT2D eigenvalue weighted by Gasteiger charge is 2.32. The molecule has 0 bridgehead atoms. The van der Waals surface area contributed by atoms with Crippen LogP contribution in [0.15, 0.2) is 78.9 Å². The maximum Gasteiger partial charge on any atom is 0.269 e. The zero-order valence-corrected chi connectivity index (χ0v) is 18.3. The highest BCUT2D eigenvalue weighted by atomic mass is 32.2. The van der Waals surface area contributed by atoms with Crippen LogP contribution in [0.4, 0.5) is 11.4 Å². The number of anilines is 2. The summed E-state index contributed by atoms with van der Waals surface area (Å²) in [6.45, 7) is 2.39. The molecule has 0 saturated carbocycles. The molecular formula is C24H25N3O3S. The predicted molar refractivity (Wildman–Crippen MR) is 123 cm³/mol. The smallest absolute Gasteiger partial charge is 0.269 e. The normalized spacial score (nSPS) is 15.4. The number of carbonyl (C=O) groups excluding carboxylic acids is 1. The number of benzene rings is 3. The summed E-state index contributed by atoms with van der Waals surface area (Å²) in [5, 5.41) is 1.82. The molecule has 1 N–H and O–H groups in total. The van der Waals surface area contributed by atoms with E-state index in [1.807, 2.05) is 72.6 Å². The lowest BCUT2D eigenvalue weighted by atomic mass is 10.1. The Kier molecular flexibility index (Phi) is 5.69. The molecule has 31 heavy (non-hydrogen) atoms. The van der Waals surface area contributed by atoms with E-state index in [2.05, 4.69) is 5.43 Å². The molecule has 0 spiro atoms. The Labute approximate surface area is 183 Å². The first-order valence-corrected chi connectivity index (χ1v) is 12.0. The van der Waals surface area contributed by atoms with Gasteiger partial charge in [-0.3, -0.25) is 19.5 Å². The number of amides is 1. The van der Waals surface area contributed by atoms with Crippen molar-refractivity contribution in [2.24, 2.45) is 0 Å². The Hall–Kier alpha value is -3.32. The van der Waals surface area contributed by atoms with E-state index >= 15 is 0 Å². The van der Waals surface area contributed by atoms with Crippen molar-refractivity contribution >= 4 is 27.3 Å². The van der Waals surface area contributed by atoms with E-state index in [0.717, 1.165) is 16.8 Å². The van der Waals surface area contributed by atoms with Gasteiger partial charge >= 0.3 is 0 Å². The Morgan fingerprint density at radius 3 is 2.32 bits per heavy atom. The molecule has 0 saturated heterocycles. The van der Waals surface area contributed by atoms with E-state index in [1.54, 1.807) is 18.2 Å². The maximum absolute atomic E-state index is 13.1. The fourth-order valence-electron chi connectivity index (χ4n) is 4.01. The lowest BCUT2D eigenvalue weighted by Crippen LogP contribution is -2.42. The van der Waals surface area contributed by atoms with E-state index < -0.39 is 10.0 Å². The number of hydrogen-bond acceptors (Lipinski definition) is 4. The number of rotatable bonds is 6. The number of fused-ring (bicyclic) bond motifs is 1. The van der Waals surface area contributed by atoms with Crippen molar-refractivity contribution < 1.29 is 13.2 Å². The predicted octanol–water partition coefficient (Wildman–Crippen LogP) is 3.75. The first kappa shape index (κ1) is 20.9. The molecule has 1 atom stereocenters. The largest absolute Gasteiger partial charge is 0.281 e. The minimum absolute atomic E-state index is 0.165. The van der Waals surface area contributed by atoms with Gasteiger partial charge in [0.2, 0.25) is 10.0 Å². The highest BCUT2D eigenvalue weighted by molar-refractivity contribution is 7.92. The van der Waals surface area contributed by atoms with Crippen LogP contribution in [0.2, 0.25) is 0 Å². The molecule has 1 amide bonds. The topological polar surface area (TPSA) is 69.7 Å². The molecule has 0 aromatic heterocycles. The van der Waals surface area contributed by atoms with Gasteiger partial charge in [-0.25, -0.2) is 8.42 Å². The van der Waals surface area contributed by atoms with Crippen molar-refractivity contribution in [2.45, 2.75) is 25.9 Å². The van der Waals surface area contributed by atoms with E-state index in [0.29, 0.717) is 24.2 Å². The molecule has 160 valence electrons. The van der Waals surface area contributed by atoms with Gasteiger partial charge < -0.3 is 0 Å². The Balaban J connectivity index is 1.59. The van der Waals surface area contributed by atoms with Crippen LogP contribution in [0.25, 0.3) is 0 Å². The van der Waals surface area contributed by atoms with Gasteiger partial charge in [0.15, 0.2) is 0 Å². The zero-order chi connectivity index (χ0) is 22.0. The zero-order valence-electron chi connectivity index (χ0n) is 17.5. The maximum atomic E-state index is 13.1. The summed E-state index contributed by atoms with van der Waals surface area (Å²) in [5.41, 5.74) is 6.95. The lowest BCUT2D eigenvalue weighted by molar-refractivity contribution is 0.0948. The van der Waals surface area contributed by atoms with Gasteiger partial charge in [0.1, 0.15) is 0 Å². The summed E-state index contributed by atoms with van der Waals surface area (Å²) in [7, 11) is -3.36. The molecule has 7 heteroatoms. The third-order valence-electron chi connectivity index (χ3n) is 5.34. The highest BCUT2D eigenvalue weighted by Crippen LogP contribution is 2.34. The Morgan fingerprint density at radius 2 is 1.68 bits per heavy atom. The quantitative estimate of drug-likeness (QED) is 0.599. The van der Waals surface area contributed by atoms with Gasteiger partial charge in [-0.2, -0.15) is 0 Å². The van der Waals surface area contributed by atoms with Crippen LogP contribution in [-0.4, -0.2) is 26.6 Å². The SMILES string of the molecule is CC1Cc2cc(C(=O)NN(Cc3ccccc3)c3ccccc3)ccc2N1S(C)(=O)=O. The van der Waals surface area contributed by atoms with Crippen LogP contribution in [0.3, 0.4) is 0 Å². The van der Waals surface area contributed by atoms with Crippen molar-refractivity contribution in [1.82, 2.24) is 5.43 Å². The van der Waals surface area contributed by atoms with Crippen LogP contribution in [0.5, 0.6) is 0 Å². The second-order valence-electron chi connectivity index (χ2n) is 7.80. The summed E-state index contributed by atoms with van der Waals surface area (Å²) in [6, 6.07) is 24.6. The third-order valence-corrected chi connectivity index (χ3v) is 6.61. The fraction of sp³-hybridized carbons (Fsp3) is 0.208. The number of sulfonamides is 1. The average molecular weight is 436 g/mol. The fourth-order valence-corrected chi connectivity index (χ4v) is 5.27. The summed E-state index contributed by atoms with van der Waals surface area (Å²) in [4.78, 5) is 13.1. The summed E-state index contributed by atoms with van der Waals surface area (Å²) < 4.78 is 25.7. The second kappa shape index (κ2) is 8.43. The lowest BCUT2D eigenvalue weighted by Gasteiger charge is -2.26. The number of para-hydroxylation sites is 1. The molecule has 4 rings (SSSR count). The molecule has 1 aliphatic rings. The van der Waals surface area contributed by atoms with Gasteiger partial charge in [0.25, 0.3) is 5.91 Å². The van der Waals surface area contributed by atoms with Gasteiger partial charge in [-0.15, -0.1) is 0 Å². The van der Waals surface area contributed by atoms with Gasteiger partial charge in [0.05, 0.1) is 24.2 Å². The van der Waals surface area contributed by atoms with Crippen LogP contribution < -0.4 is 14.7 Å². The van der Waals surface area contributed by atoms with Crippen molar-refractivity contribution in [3.05, 3.63) is 95.6 Å². The number of hydrazine groups is 1. The summed E-state index contributed by atoms with van der Waals surface area (Å²) in [6.07, 6.45) is 1.79. The van der Waals surface area contributed by atoms with E-state index in [9.17, 15) is 13.2 Å². The number of carbonyl (C=O) groups is 1.